The number of aliphatic hydroxyl groups is 1. The van der Waals surface area contributed by atoms with Crippen LogP contribution in [0.15, 0.2) is 69.5 Å². The van der Waals surface area contributed by atoms with Gasteiger partial charge < -0.3 is 13.9 Å². The number of hydrogen-bond acceptors (Lipinski definition) is 4. The molecule has 2 aliphatic carbocycles. The third kappa shape index (κ3) is 1.59. The third-order valence-electron chi connectivity index (χ3n) is 5.14. The van der Waals surface area contributed by atoms with E-state index in [1.54, 1.807) is 12.2 Å². The molecular formula is C22H12O4. The quantitative estimate of drug-likeness (QED) is 0.495. The fourth-order valence-electron chi connectivity index (χ4n) is 4.06. The van der Waals surface area contributed by atoms with Crippen LogP contribution in [-0.2, 0) is 0 Å². The number of carbonyl (C=O) groups excluding carboxylic acids is 1. The molecule has 4 aromatic rings. The van der Waals surface area contributed by atoms with Crippen molar-refractivity contribution in [2.24, 2.45) is 0 Å². The van der Waals surface area contributed by atoms with Crippen molar-refractivity contribution in [3.05, 3.63) is 83.3 Å². The first kappa shape index (κ1) is 13.9. The summed E-state index contributed by atoms with van der Waals surface area (Å²) in [6.45, 7) is 0. The fourth-order valence-corrected chi connectivity index (χ4v) is 4.06. The summed E-state index contributed by atoms with van der Waals surface area (Å²) in [5.74, 6) is 0.630. The maximum absolute atomic E-state index is 12.8. The van der Waals surface area contributed by atoms with E-state index < -0.39 is 6.10 Å². The lowest BCUT2D eigenvalue weighted by Gasteiger charge is -2.23. The van der Waals surface area contributed by atoms with Gasteiger partial charge in [0.25, 0.3) is 0 Å². The van der Waals surface area contributed by atoms with E-state index >= 15 is 0 Å². The Morgan fingerprint density at radius 1 is 0.808 bits per heavy atom. The number of benzene rings is 2. The summed E-state index contributed by atoms with van der Waals surface area (Å²) < 4.78 is 11.7. The number of fused-ring (bicyclic) bond motifs is 9. The molecule has 0 bridgehead atoms. The van der Waals surface area contributed by atoms with E-state index in [0.717, 1.165) is 33.0 Å². The maximum atomic E-state index is 12.8. The van der Waals surface area contributed by atoms with E-state index in [-0.39, 0.29) is 5.78 Å². The van der Waals surface area contributed by atoms with Crippen LogP contribution in [0, 0.1) is 0 Å². The van der Waals surface area contributed by atoms with Gasteiger partial charge in [-0.3, -0.25) is 4.79 Å². The number of furan rings is 2. The molecular weight excluding hydrogens is 328 g/mol. The first-order valence-electron chi connectivity index (χ1n) is 8.42. The van der Waals surface area contributed by atoms with Crippen LogP contribution >= 0.6 is 0 Å². The number of allylic oxidation sites excluding steroid dienone is 3. The summed E-state index contributed by atoms with van der Waals surface area (Å²) in [5.41, 5.74) is 4.49. The minimum atomic E-state index is -0.876. The number of carbonyl (C=O) groups is 1. The Morgan fingerprint density at radius 2 is 1.46 bits per heavy atom. The van der Waals surface area contributed by atoms with Gasteiger partial charge in [-0.2, -0.15) is 0 Å². The molecule has 0 radical (unpaired) electrons. The Morgan fingerprint density at radius 3 is 2.23 bits per heavy atom. The summed E-state index contributed by atoms with van der Waals surface area (Å²) in [7, 11) is 0. The first-order chi connectivity index (χ1) is 12.7. The zero-order valence-corrected chi connectivity index (χ0v) is 13.5. The van der Waals surface area contributed by atoms with E-state index in [9.17, 15) is 9.90 Å². The van der Waals surface area contributed by atoms with Crippen molar-refractivity contribution in [2.45, 2.75) is 6.10 Å². The van der Waals surface area contributed by atoms with Gasteiger partial charge in [-0.25, -0.2) is 0 Å². The Balaban J connectivity index is 1.72. The van der Waals surface area contributed by atoms with Crippen LogP contribution in [0.4, 0.5) is 0 Å². The van der Waals surface area contributed by atoms with Crippen LogP contribution in [0.1, 0.15) is 33.5 Å². The van der Waals surface area contributed by atoms with Crippen LogP contribution in [0.25, 0.3) is 33.1 Å². The fraction of sp³-hybridized carbons (Fsp3) is 0.0455. The number of para-hydroxylation sites is 2. The SMILES string of the molecule is O=C1C=C2C(=CC(O)c3oc4ccccc4c32)c2c1oc1ccccc21. The molecule has 2 aromatic heterocycles. The highest BCUT2D eigenvalue weighted by molar-refractivity contribution is 6.28. The van der Waals surface area contributed by atoms with Gasteiger partial charge >= 0.3 is 0 Å². The number of hydrogen-bond donors (Lipinski definition) is 1. The molecule has 26 heavy (non-hydrogen) atoms. The van der Waals surface area contributed by atoms with E-state index in [4.69, 9.17) is 8.83 Å². The molecule has 124 valence electrons. The second-order valence-corrected chi connectivity index (χ2v) is 6.59. The predicted octanol–water partition coefficient (Wildman–Crippen LogP) is 4.89. The zero-order valence-electron chi connectivity index (χ0n) is 13.5. The maximum Gasteiger partial charge on any atom is 0.222 e. The summed E-state index contributed by atoms with van der Waals surface area (Å²) in [4.78, 5) is 12.8. The Labute approximate surface area is 147 Å². The molecule has 0 spiro atoms. The van der Waals surface area contributed by atoms with E-state index in [0.29, 0.717) is 22.7 Å². The van der Waals surface area contributed by atoms with E-state index in [2.05, 4.69) is 0 Å². The van der Waals surface area contributed by atoms with Crippen molar-refractivity contribution in [1.29, 1.82) is 0 Å². The Kier molecular flexibility index (Phi) is 2.47. The zero-order chi connectivity index (χ0) is 17.4. The normalized spacial score (nSPS) is 18.3. The number of ketones is 1. The van der Waals surface area contributed by atoms with Crippen molar-refractivity contribution in [2.75, 3.05) is 0 Å². The minimum absolute atomic E-state index is 0.170. The molecule has 0 saturated heterocycles. The summed E-state index contributed by atoms with van der Waals surface area (Å²) in [6, 6.07) is 15.2. The summed E-state index contributed by atoms with van der Waals surface area (Å²) in [6.07, 6.45) is 2.45. The lowest BCUT2D eigenvalue weighted by Crippen LogP contribution is -2.12. The van der Waals surface area contributed by atoms with Crippen molar-refractivity contribution >= 4 is 38.9 Å². The van der Waals surface area contributed by atoms with Gasteiger partial charge in [0.2, 0.25) is 5.78 Å². The van der Waals surface area contributed by atoms with Crippen molar-refractivity contribution in [3.63, 3.8) is 0 Å². The van der Waals surface area contributed by atoms with E-state index in [1.807, 2.05) is 48.5 Å². The number of rotatable bonds is 0. The van der Waals surface area contributed by atoms with Crippen LogP contribution in [0.2, 0.25) is 0 Å². The monoisotopic (exact) mass is 340 g/mol. The van der Waals surface area contributed by atoms with Gasteiger partial charge in [0, 0.05) is 21.9 Å². The molecule has 6 rings (SSSR count). The highest BCUT2D eigenvalue weighted by Gasteiger charge is 2.36. The van der Waals surface area contributed by atoms with Crippen LogP contribution in [0.5, 0.6) is 0 Å². The third-order valence-corrected chi connectivity index (χ3v) is 5.14. The van der Waals surface area contributed by atoms with Gasteiger partial charge in [0.05, 0.1) is 0 Å². The van der Waals surface area contributed by atoms with Gasteiger partial charge in [0.15, 0.2) is 5.76 Å². The Bertz CT molecular complexity index is 1310. The molecule has 1 atom stereocenters. The lowest BCUT2D eigenvalue weighted by molar-refractivity contribution is 0.102. The van der Waals surface area contributed by atoms with Crippen molar-refractivity contribution in [1.82, 2.24) is 0 Å². The van der Waals surface area contributed by atoms with Crippen molar-refractivity contribution < 1.29 is 18.7 Å². The van der Waals surface area contributed by atoms with Gasteiger partial charge in [-0.15, -0.1) is 0 Å². The van der Waals surface area contributed by atoms with Crippen molar-refractivity contribution in [3.8, 4) is 0 Å². The van der Waals surface area contributed by atoms with Gasteiger partial charge in [0.1, 0.15) is 23.0 Å². The topological polar surface area (TPSA) is 63.6 Å². The lowest BCUT2D eigenvalue weighted by atomic mass is 9.80. The second kappa shape index (κ2) is 4.62. The highest BCUT2D eigenvalue weighted by atomic mass is 16.4. The predicted molar refractivity (Wildman–Crippen MR) is 97.7 cm³/mol. The Hall–Kier alpha value is -3.37. The molecule has 0 amide bonds. The minimum Gasteiger partial charge on any atom is -0.457 e. The first-order valence-corrected chi connectivity index (χ1v) is 8.42. The molecule has 2 aliphatic rings. The van der Waals surface area contributed by atoms with E-state index in [1.165, 1.54) is 0 Å². The molecule has 0 aliphatic heterocycles. The molecule has 2 aromatic carbocycles. The molecule has 4 nitrogen and oxygen atoms in total. The molecule has 0 saturated carbocycles. The molecule has 2 heterocycles. The number of aliphatic hydroxyl groups excluding tert-OH is 1. The van der Waals surface area contributed by atoms with Gasteiger partial charge in [-0.05, 0) is 35.4 Å². The average Bonchev–Trinajstić information content (AvgIpc) is 3.23. The summed E-state index contributed by atoms with van der Waals surface area (Å²) in [5, 5.41) is 12.5. The largest absolute Gasteiger partial charge is 0.457 e. The molecule has 1 N–H and O–H groups in total. The smallest absolute Gasteiger partial charge is 0.222 e. The summed E-state index contributed by atoms with van der Waals surface area (Å²) >= 11 is 0. The van der Waals surface area contributed by atoms with Crippen LogP contribution < -0.4 is 0 Å². The molecule has 1 unspecified atom stereocenters. The van der Waals surface area contributed by atoms with Crippen LogP contribution in [0.3, 0.4) is 0 Å². The standard InChI is InChI=1S/C22H12O4/c23-15-10-14-13(19-11-5-1-3-7-17(11)25-21(15)19)9-16(24)22-20(14)12-6-2-4-8-18(12)26-22/h1-10,15,23H. The highest BCUT2D eigenvalue weighted by Crippen LogP contribution is 2.50. The molecule has 4 heteroatoms. The second-order valence-electron chi connectivity index (χ2n) is 6.59. The van der Waals surface area contributed by atoms with Crippen LogP contribution in [-0.4, -0.2) is 10.9 Å². The average molecular weight is 340 g/mol. The molecule has 0 fully saturated rings. The van der Waals surface area contributed by atoms with Gasteiger partial charge in [-0.1, -0.05) is 36.4 Å².